The van der Waals surface area contributed by atoms with Gasteiger partial charge >= 0.3 is 5.97 Å². The maximum absolute atomic E-state index is 15.9. The number of amides is 1. The molecule has 2 aromatic carbocycles. The molecule has 1 aliphatic carbocycles. The van der Waals surface area contributed by atoms with Crippen LogP contribution in [0.5, 0.6) is 0 Å². The monoisotopic (exact) mass is 617 g/mol. The average Bonchev–Trinajstić information content (AvgIpc) is 3.77. The Kier molecular flexibility index (Phi) is 10.7. The molecule has 1 aliphatic rings. The molecule has 45 heavy (non-hydrogen) atoms. The summed E-state index contributed by atoms with van der Waals surface area (Å²) >= 11 is 0. The Morgan fingerprint density at radius 3 is 2.31 bits per heavy atom. The number of nitrogens with zero attached hydrogens (tertiary/aromatic N) is 2. The molecule has 242 valence electrons. The minimum atomic E-state index is -1.16. The van der Waals surface area contributed by atoms with Gasteiger partial charge in [0.2, 0.25) is 5.91 Å². The van der Waals surface area contributed by atoms with Crippen molar-refractivity contribution in [2.45, 2.75) is 91.6 Å². The van der Waals surface area contributed by atoms with Gasteiger partial charge in [0.05, 0.1) is 12.5 Å². The highest BCUT2D eigenvalue weighted by Crippen LogP contribution is 2.46. The summed E-state index contributed by atoms with van der Waals surface area (Å²) in [5.74, 6) is -1.69. The number of aromatic nitrogens is 1. The first-order valence-electron chi connectivity index (χ1n) is 16.0. The van der Waals surface area contributed by atoms with Crippen LogP contribution in [0, 0.1) is 39.4 Å². The van der Waals surface area contributed by atoms with Crippen LogP contribution >= 0.6 is 0 Å². The topological polar surface area (TPSA) is 91.6 Å². The normalized spacial score (nSPS) is 14.6. The first-order valence-corrected chi connectivity index (χ1v) is 16.0. The van der Waals surface area contributed by atoms with Gasteiger partial charge in [0.25, 0.3) is 5.56 Å². The first-order chi connectivity index (χ1) is 21.2. The van der Waals surface area contributed by atoms with Crippen molar-refractivity contribution in [1.29, 1.82) is 0 Å². The van der Waals surface area contributed by atoms with Crippen molar-refractivity contribution in [2.24, 2.45) is 5.92 Å². The number of pyridine rings is 1. The number of carbonyl (C=O) groups is 2. The molecule has 1 fully saturated rings. The van der Waals surface area contributed by atoms with E-state index in [1.54, 1.807) is 25.3 Å². The van der Waals surface area contributed by atoms with E-state index in [2.05, 4.69) is 29.3 Å². The molecule has 0 aliphatic heterocycles. The highest BCUT2D eigenvalue weighted by atomic mass is 19.1. The number of aliphatic carboxylic acids is 1. The van der Waals surface area contributed by atoms with Crippen LogP contribution in [-0.2, 0) is 16.0 Å². The number of carboxylic acid groups (broad SMARTS) is 1. The Morgan fingerprint density at radius 1 is 1.02 bits per heavy atom. The summed E-state index contributed by atoms with van der Waals surface area (Å²) in [6.45, 7) is 12.4. The third kappa shape index (κ3) is 8.28. The van der Waals surface area contributed by atoms with Crippen LogP contribution in [0.4, 0.5) is 4.39 Å². The highest BCUT2D eigenvalue weighted by molar-refractivity contribution is 5.82. The Morgan fingerprint density at radius 2 is 1.71 bits per heavy atom. The molecule has 8 heteroatoms. The van der Waals surface area contributed by atoms with E-state index in [0.717, 1.165) is 47.2 Å². The maximum atomic E-state index is 15.9. The van der Waals surface area contributed by atoms with Crippen LogP contribution in [0.1, 0.15) is 96.5 Å². The minimum Gasteiger partial charge on any atom is -0.481 e. The summed E-state index contributed by atoms with van der Waals surface area (Å²) in [4.78, 5) is 41.5. The van der Waals surface area contributed by atoms with E-state index in [4.69, 9.17) is 0 Å². The fourth-order valence-corrected chi connectivity index (χ4v) is 6.32. The summed E-state index contributed by atoms with van der Waals surface area (Å²) in [5.41, 5.74) is 7.36. The smallest absolute Gasteiger partial charge is 0.305 e. The number of aryl methyl sites for hydroxylation is 4. The number of carbonyl (C=O) groups excluding carboxylic acids is 1. The summed E-state index contributed by atoms with van der Waals surface area (Å²) in [5, 5.41) is 12.8. The van der Waals surface area contributed by atoms with Gasteiger partial charge in [0, 0.05) is 24.4 Å². The lowest BCUT2D eigenvalue weighted by atomic mass is 9.87. The van der Waals surface area contributed by atoms with Gasteiger partial charge < -0.3 is 19.9 Å². The van der Waals surface area contributed by atoms with Crippen LogP contribution in [0.2, 0.25) is 0 Å². The minimum absolute atomic E-state index is 0.0600. The molecule has 7 nitrogen and oxygen atoms in total. The molecule has 0 spiro atoms. The summed E-state index contributed by atoms with van der Waals surface area (Å²) in [6.07, 6.45) is 4.52. The largest absolute Gasteiger partial charge is 0.481 e. The number of benzene rings is 2. The first kappa shape index (κ1) is 34.1. The van der Waals surface area contributed by atoms with Gasteiger partial charge in [-0.1, -0.05) is 31.5 Å². The molecule has 0 radical (unpaired) electrons. The number of likely N-dealkylation sites (N-methyl/N-ethyl adjacent to an activating group) is 1. The zero-order chi connectivity index (χ0) is 33.2. The highest BCUT2D eigenvalue weighted by Gasteiger charge is 2.31. The van der Waals surface area contributed by atoms with Crippen LogP contribution in [0.3, 0.4) is 0 Å². The van der Waals surface area contributed by atoms with Gasteiger partial charge in [-0.15, -0.1) is 0 Å². The molecule has 1 heterocycles. The molecule has 2 unspecified atom stereocenters. The molecule has 2 atom stereocenters. The van der Waals surface area contributed by atoms with Crippen molar-refractivity contribution in [2.75, 3.05) is 20.6 Å². The van der Waals surface area contributed by atoms with Crippen molar-refractivity contribution in [1.82, 2.24) is 14.8 Å². The van der Waals surface area contributed by atoms with Crippen LogP contribution < -0.4 is 10.9 Å². The Hall–Kier alpha value is -3.78. The Labute approximate surface area is 266 Å². The molecule has 0 saturated heterocycles. The van der Waals surface area contributed by atoms with Crippen LogP contribution in [-0.4, -0.2) is 47.1 Å². The van der Waals surface area contributed by atoms with E-state index in [9.17, 15) is 19.5 Å². The second-order valence-electron chi connectivity index (χ2n) is 13.6. The average molecular weight is 618 g/mol. The maximum Gasteiger partial charge on any atom is 0.305 e. The lowest BCUT2D eigenvalue weighted by Gasteiger charge is -2.27. The molecule has 1 aromatic heterocycles. The lowest BCUT2D eigenvalue weighted by molar-refractivity contribution is -0.138. The van der Waals surface area contributed by atoms with Crippen LogP contribution in [0.15, 0.2) is 41.3 Å². The second kappa shape index (κ2) is 14.1. The van der Waals surface area contributed by atoms with Gasteiger partial charge in [0.15, 0.2) is 0 Å². The molecular formula is C37H48FN3O4. The van der Waals surface area contributed by atoms with E-state index in [1.165, 1.54) is 15.7 Å². The molecule has 2 N–H and O–H groups in total. The quantitative estimate of drug-likeness (QED) is 0.220. The second-order valence-corrected chi connectivity index (χ2v) is 13.6. The van der Waals surface area contributed by atoms with Gasteiger partial charge in [-0.05, 0) is 130 Å². The van der Waals surface area contributed by atoms with Gasteiger partial charge in [-0.3, -0.25) is 14.4 Å². The zero-order valence-electron chi connectivity index (χ0n) is 28.0. The number of carboxylic acids is 1. The fraction of sp³-hybridized carbons (Fsp3) is 0.486. The van der Waals surface area contributed by atoms with Gasteiger partial charge in [0.1, 0.15) is 11.9 Å². The van der Waals surface area contributed by atoms with E-state index in [1.807, 2.05) is 47.9 Å². The van der Waals surface area contributed by atoms with Crippen LogP contribution in [0.25, 0.3) is 11.1 Å². The molecule has 3 aromatic rings. The third-order valence-corrected chi connectivity index (χ3v) is 8.73. The summed E-state index contributed by atoms with van der Waals surface area (Å²) < 4.78 is 17.4. The van der Waals surface area contributed by atoms with Crippen molar-refractivity contribution >= 4 is 11.9 Å². The number of rotatable bonds is 13. The number of nitrogens with one attached hydrogen (secondary N) is 1. The zero-order valence-corrected chi connectivity index (χ0v) is 28.0. The number of hydrogen-bond donors (Lipinski definition) is 2. The molecule has 0 bridgehead atoms. The SMILES string of the molecule is Cc1cc(C)c(-c2cc(C)c(F)c(C(CC(=O)O)NC(=O)C(CC(C)C)n3cc(CCN(C)C)c(C)cc3=O)c2)c(C2CC2)c1. The predicted octanol–water partition coefficient (Wildman–Crippen LogP) is 6.79. The molecule has 1 amide bonds. The standard InChI is InChI=1S/C37H48FN3O4/c1-21(2)13-32(41-20-27(11-12-40(7)8)23(4)17-33(41)42)37(45)39-31(19-34(43)44)30-18-28(16-25(6)36(30)38)35-24(5)14-22(3)15-29(35)26-9-10-26/h14-18,20-21,26,31-32H,9-13,19H2,1-8H3,(H,39,45)(H,43,44). The number of halogens is 1. The molecular weight excluding hydrogens is 569 g/mol. The summed E-state index contributed by atoms with van der Waals surface area (Å²) in [6, 6.07) is 7.34. The van der Waals surface area contributed by atoms with E-state index < -0.39 is 36.2 Å². The van der Waals surface area contributed by atoms with E-state index >= 15 is 4.39 Å². The van der Waals surface area contributed by atoms with Crippen molar-refractivity contribution in [3.8, 4) is 11.1 Å². The lowest BCUT2D eigenvalue weighted by Crippen LogP contribution is -2.40. The third-order valence-electron chi connectivity index (χ3n) is 8.73. The molecule has 4 rings (SSSR count). The van der Waals surface area contributed by atoms with Gasteiger partial charge in [-0.25, -0.2) is 4.39 Å². The van der Waals surface area contributed by atoms with E-state index in [0.29, 0.717) is 24.3 Å². The van der Waals surface area contributed by atoms with Crippen molar-refractivity contribution in [3.05, 3.63) is 91.6 Å². The predicted molar refractivity (Wildman–Crippen MR) is 177 cm³/mol. The Bertz CT molecular complexity index is 1640. The van der Waals surface area contributed by atoms with Gasteiger partial charge in [-0.2, -0.15) is 0 Å². The molecule has 1 saturated carbocycles. The van der Waals surface area contributed by atoms with E-state index in [-0.39, 0.29) is 17.0 Å². The summed E-state index contributed by atoms with van der Waals surface area (Å²) in [7, 11) is 3.96. The fourth-order valence-electron chi connectivity index (χ4n) is 6.32. The van der Waals surface area contributed by atoms with Crippen molar-refractivity contribution in [3.63, 3.8) is 0 Å². The number of hydrogen-bond acceptors (Lipinski definition) is 4. The Balaban J connectivity index is 1.77. The van der Waals surface area contributed by atoms with Crippen molar-refractivity contribution < 1.29 is 19.1 Å².